The minimum absolute atomic E-state index is 0.0230. The second-order valence-corrected chi connectivity index (χ2v) is 6.34. The van der Waals surface area contributed by atoms with Gasteiger partial charge in [-0.05, 0) is 19.3 Å². The van der Waals surface area contributed by atoms with E-state index in [-0.39, 0.29) is 17.9 Å². The number of imidazole rings is 1. The number of carbonyl (C=O) groups is 2. The van der Waals surface area contributed by atoms with Crippen LogP contribution in [0.1, 0.15) is 70.2 Å². The molecule has 0 aromatic carbocycles. The number of aromatic nitrogens is 2. The third-order valence-corrected chi connectivity index (χ3v) is 5.02. The fraction of sp³-hybridized carbons (Fsp3) is 0.688. The van der Waals surface area contributed by atoms with Crippen LogP contribution in [-0.2, 0) is 9.59 Å². The molecule has 2 aliphatic rings. The Bertz CT molecular complexity index is 516. The van der Waals surface area contributed by atoms with E-state index in [9.17, 15) is 9.59 Å². The number of amides is 2. The van der Waals surface area contributed by atoms with E-state index in [4.69, 9.17) is 0 Å². The summed E-state index contributed by atoms with van der Waals surface area (Å²) < 4.78 is 0. The molecule has 114 valence electrons. The van der Waals surface area contributed by atoms with Crippen molar-refractivity contribution in [1.29, 1.82) is 0 Å². The van der Waals surface area contributed by atoms with Gasteiger partial charge in [-0.2, -0.15) is 0 Å². The van der Waals surface area contributed by atoms with Crippen molar-refractivity contribution < 1.29 is 9.59 Å². The van der Waals surface area contributed by atoms with E-state index in [1.165, 1.54) is 17.7 Å². The molecule has 1 unspecified atom stereocenters. The van der Waals surface area contributed by atoms with Crippen LogP contribution in [0.15, 0.2) is 12.4 Å². The van der Waals surface area contributed by atoms with Crippen LogP contribution < -0.4 is 0 Å². The molecule has 1 aromatic heterocycles. The Morgan fingerprint density at radius 2 is 2.00 bits per heavy atom. The van der Waals surface area contributed by atoms with Gasteiger partial charge in [0.15, 0.2) is 0 Å². The molecule has 5 heteroatoms. The van der Waals surface area contributed by atoms with Crippen molar-refractivity contribution in [2.45, 2.75) is 64.3 Å². The Hall–Kier alpha value is -1.65. The lowest BCUT2D eigenvalue weighted by molar-refractivity contribution is -0.145. The van der Waals surface area contributed by atoms with Crippen LogP contribution >= 0.6 is 0 Å². The second-order valence-electron chi connectivity index (χ2n) is 6.34. The van der Waals surface area contributed by atoms with Crippen molar-refractivity contribution in [3.8, 4) is 0 Å². The molecule has 1 aromatic rings. The fourth-order valence-electron chi connectivity index (χ4n) is 3.89. The molecule has 1 atom stereocenters. The summed E-state index contributed by atoms with van der Waals surface area (Å²) in [6.07, 6.45) is 10.7. The molecule has 5 nitrogen and oxygen atoms in total. The highest BCUT2D eigenvalue weighted by Crippen LogP contribution is 2.46. The zero-order valence-electron chi connectivity index (χ0n) is 12.6. The lowest BCUT2D eigenvalue weighted by Gasteiger charge is -2.28. The fourth-order valence-corrected chi connectivity index (χ4v) is 3.89. The number of H-pyrrole nitrogens is 1. The number of nitrogens with one attached hydrogen (secondary N) is 1. The number of nitrogens with zero attached hydrogens (tertiary/aromatic N) is 2. The lowest BCUT2D eigenvalue weighted by Crippen LogP contribution is -2.38. The Balaban J connectivity index is 1.89. The number of hydrogen-bond acceptors (Lipinski definition) is 3. The van der Waals surface area contributed by atoms with Crippen LogP contribution in [0.5, 0.6) is 0 Å². The maximum atomic E-state index is 13.0. The topological polar surface area (TPSA) is 66.1 Å². The van der Waals surface area contributed by atoms with E-state index in [2.05, 4.69) is 9.97 Å². The summed E-state index contributed by atoms with van der Waals surface area (Å²) in [6.45, 7) is 1.99. The molecule has 1 N–H and O–H groups in total. The highest BCUT2D eigenvalue weighted by molar-refractivity contribution is 6.06. The van der Waals surface area contributed by atoms with Gasteiger partial charge in [0.1, 0.15) is 5.82 Å². The molecule has 1 spiro atoms. The quantitative estimate of drug-likeness (QED) is 0.870. The molecule has 1 aliphatic carbocycles. The summed E-state index contributed by atoms with van der Waals surface area (Å²) in [5.74, 6) is 0.729. The van der Waals surface area contributed by atoms with Gasteiger partial charge in [-0.1, -0.05) is 32.6 Å². The van der Waals surface area contributed by atoms with E-state index in [0.29, 0.717) is 18.7 Å². The number of rotatable bonds is 3. The highest BCUT2D eigenvalue weighted by Gasteiger charge is 2.53. The molecule has 21 heavy (non-hydrogen) atoms. The van der Waals surface area contributed by atoms with Crippen LogP contribution in [0, 0.1) is 5.41 Å². The molecule has 1 saturated heterocycles. The lowest BCUT2D eigenvalue weighted by atomic mass is 9.79. The smallest absolute Gasteiger partial charge is 0.236 e. The minimum Gasteiger partial charge on any atom is -0.347 e. The monoisotopic (exact) mass is 289 g/mol. The first kappa shape index (κ1) is 14.3. The summed E-state index contributed by atoms with van der Waals surface area (Å²) in [5.41, 5.74) is -0.423. The highest BCUT2D eigenvalue weighted by atomic mass is 16.2. The molecule has 1 aliphatic heterocycles. The van der Waals surface area contributed by atoms with Crippen LogP contribution in [0.3, 0.4) is 0 Å². The second kappa shape index (κ2) is 5.62. The maximum absolute atomic E-state index is 13.0. The third kappa shape index (κ3) is 2.39. The Morgan fingerprint density at radius 1 is 1.29 bits per heavy atom. The average Bonchev–Trinajstić information content (AvgIpc) is 2.99. The van der Waals surface area contributed by atoms with Crippen molar-refractivity contribution in [2.75, 3.05) is 0 Å². The van der Waals surface area contributed by atoms with Gasteiger partial charge in [0.05, 0.1) is 11.5 Å². The summed E-state index contributed by atoms with van der Waals surface area (Å²) in [5, 5.41) is 0. The van der Waals surface area contributed by atoms with Gasteiger partial charge in [0, 0.05) is 18.8 Å². The third-order valence-electron chi connectivity index (χ3n) is 5.02. The zero-order chi connectivity index (χ0) is 14.9. The van der Waals surface area contributed by atoms with Crippen molar-refractivity contribution in [3.05, 3.63) is 18.2 Å². The molecule has 0 radical (unpaired) electrons. The largest absolute Gasteiger partial charge is 0.347 e. The Morgan fingerprint density at radius 3 is 2.57 bits per heavy atom. The van der Waals surface area contributed by atoms with Crippen molar-refractivity contribution >= 4 is 11.8 Å². The number of aromatic amines is 1. The number of imide groups is 1. The van der Waals surface area contributed by atoms with Crippen LogP contribution in [0.4, 0.5) is 0 Å². The molecular weight excluding hydrogens is 266 g/mol. The van der Waals surface area contributed by atoms with E-state index < -0.39 is 5.41 Å². The SMILES string of the molecule is CCC(c1ncc[nH]1)N1C(=O)CC2(CCCCCC2)C1=O. The first-order valence-electron chi connectivity index (χ1n) is 8.04. The van der Waals surface area contributed by atoms with E-state index in [1.807, 2.05) is 6.92 Å². The molecule has 2 amide bonds. The minimum atomic E-state index is -0.423. The van der Waals surface area contributed by atoms with E-state index in [1.54, 1.807) is 12.4 Å². The summed E-state index contributed by atoms with van der Waals surface area (Å²) >= 11 is 0. The average molecular weight is 289 g/mol. The predicted molar refractivity (Wildman–Crippen MR) is 78.2 cm³/mol. The summed E-state index contributed by atoms with van der Waals surface area (Å²) in [4.78, 5) is 34.3. The molecular formula is C16H23N3O2. The number of hydrogen-bond donors (Lipinski definition) is 1. The van der Waals surface area contributed by atoms with Gasteiger partial charge >= 0.3 is 0 Å². The Labute approximate surface area is 125 Å². The Kier molecular flexibility index (Phi) is 3.83. The molecule has 0 bridgehead atoms. The summed E-state index contributed by atoms with van der Waals surface area (Å²) in [7, 11) is 0. The van der Waals surface area contributed by atoms with Crippen molar-refractivity contribution in [1.82, 2.24) is 14.9 Å². The van der Waals surface area contributed by atoms with Crippen LogP contribution in [-0.4, -0.2) is 26.7 Å². The number of likely N-dealkylation sites (tertiary alicyclic amines) is 1. The van der Waals surface area contributed by atoms with Crippen molar-refractivity contribution in [3.63, 3.8) is 0 Å². The number of carbonyl (C=O) groups excluding carboxylic acids is 2. The van der Waals surface area contributed by atoms with Gasteiger partial charge < -0.3 is 4.98 Å². The van der Waals surface area contributed by atoms with Gasteiger partial charge in [0.25, 0.3) is 0 Å². The first-order valence-corrected chi connectivity index (χ1v) is 8.04. The summed E-state index contributed by atoms with van der Waals surface area (Å²) in [6, 6.07) is -0.248. The molecule has 2 fully saturated rings. The van der Waals surface area contributed by atoms with Crippen LogP contribution in [0.2, 0.25) is 0 Å². The van der Waals surface area contributed by atoms with Gasteiger partial charge in [0.2, 0.25) is 11.8 Å². The van der Waals surface area contributed by atoms with Crippen LogP contribution in [0.25, 0.3) is 0 Å². The maximum Gasteiger partial charge on any atom is 0.236 e. The molecule has 2 heterocycles. The van der Waals surface area contributed by atoms with E-state index >= 15 is 0 Å². The van der Waals surface area contributed by atoms with Gasteiger partial charge in [-0.3, -0.25) is 14.5 Å². The molecule has 1 saturated carbocycles. The predicted octanol–water partition coefficient (Wildman–Crippen LogP) is 2.96. The van der Waals surface area contributed by atoms with E-state index in [0.717, 1.165) is 25.7 Å². The van der Waals surface area contributed by atoms with Crippen molar-refractivity contribution in [2.24, 2.45) is 5.41 Å². The first-order chi connectivity index (χ1) is 10.2. The zero-order valence-corrected chi connectivity index (χ0v) is 12.6. The van der Waals surface area contributed by atoms with Gasteiger partial charge in [-0.25, -0.2) is 4.98 Å². The van der Waals surface area contributed by atoms with Gasteiger partial charge in [-0.15, -0.1) is 0 Å². The normalized spacial score (nSPS) is 23.6. The standard InChI is InChI=1S/C16H23N3O2/c1-2-12(14-17-9-10-18-14)19-13(20)11-16(15(19)21)7-5-3-4-6-8-16/h9-10,12H,2-8,11H2,1H3,(H,17,18). The molecule has 3 rings (SSSR count).